The number of urea groups is 1. The van der Waals surface area contributed by atoms with E-state index >= 15 is 0 Å². The van der Waals surface area contributed by atoms with Gasteiger partial charge < -0.3 is 15.1 Å². The van der Waals surface area contributed by atoms with E-state index in [0.717, 1.165) is 11.3 Å². The van der Waals surface area contributed by atoms with E-state index in [4.69, 9.17) is 0 Å². The fourth-order valence-electron chi connectivity index (χ4n) is 4.53. The van der Waals surface area contributed by atoms with Gasteiger partial charge in [0.05, 0.1) is 4.90 Å². The monoisotopic (exact) mass is 484 g/mol. The van der Waals surface area contributed by atoms with Crippen molar-refractivity contribution >= 4 is 27.6 Å². The first-order valence-electron chi connectivity index (χ1n) is 11.8. The summed E-state index contributed by atoms with van der Waals surface area (Å²) in [4.78, 5) is 29.5. The summed E-state index contributed by atoms with van der Waals surface area (Å²) in [6.45, 7) is 4.60. The Kier molecular flexibility index (Phi) is 7.53. The van der Waals surface area contributed by atoms with Crippen LogP contribution in [0.25, 0.3) is 0 Å². The first-order valence-corrected chi connectivity index (χ1v) is 13.3. The van der Waals surface area contributed by atoms with Crippen LogP contribution in [0.4, 0.5) is 10.5 Å². The zero-order valence-electron chi connectivity index (χ0n) is 19.5. The number of para-hydroxylation sites is 1. The average Bonchev–Trinajstić information content (AvgIpc) is 3.12. The summed E-state index contributed by atoms with van der Waals surface area (Å²) < 4.78 is 27.6. The van der Waals surface area contributed by atoms with Crippen LogP contribution in [0.3, 0.4) is 0 Å². The second-order valence-electron chi connectivity index (χ2n) is 8.95. The molecule has 2 fully saturated rings. The molecule has 0 saturated carbocycles. The molecule has 2 aliphatic heterocycles. The van der Waals surface area contributed by atoms with E-state index in [9.17, 15) is 18.0 Å². The molecule has 2 heterocycles. The number of aryl methyl sites for hydroxylation is 1. The molecular formula is C25H32N4O4S. The SMILES string of the molecule is Cc1ccc(S(=O)(=O)N2CCCN(C(=O)C3CCN(C(=O)Nc4ccccc4)CC3)CC2)cc1. The number of hydrogen-bond donors (Lipinski definition) is 1. The Morgan fingerprint density at radius 1 is 0.824 bits per heavy atom. The van der Waals surface area contributed by atoms with Crippen molar-refractivity contribution in [3.63, 3.8) is 0 Å². The van der Waals surface area contributed by atoms with Crippen molar-refractivity contribution < 1.29 is 18.0 Å². The van der Waals surface area contributed by atoms with Crippen LogP contribution in [0.1, 0.15) is 24.8 Å². The van der Waals surface area contributed by atoms with Crippen molar-refractivity contribution in [1.29, 1.82) is 0 Å². The van der Waals surface area contributed by atoms with E-state index < -0.39 is 10.0 Å². The van der Waals surface area contributed by atoms with Gasteiger partial charge in [-0.1, -0.05) is 35.9 Å². The smallest absolute Gasteiger partial charge is 0.321 e. The Morgan fingerprint density at radius 3 is 2.18 bits per heavy atom. The normalized spacial score (nSPS) is 18.4. The average molecular weight is 485 g/mol. The predicted octanol–water partition coefficient (Wildman–Crippen LogP) is 3.16. The highest BCUT2D eigenvalue weighted by molar-refractivity contribution is 7.89. The summed E-state index contributed by atoms with van der Waals surface area (Å²) in [6, 6.07) is 16.0. The van der Waals surface area contributed by atoms with Gasteiger partial charge in [-0.05, 0) is 50.5 Å². The van der Waals surface area contributed by atoms with Gasteiger partial charge in [0.25, 0.3) is 0 Å². The molecule has 0 unspecified atom stereocenters. The van der Waals surface area contributed by atoms with E-state index in [1.54, 1.807) is 34.1 Å². The van der Waals surface area contributed by atoms with Crippen molar-refractivity contribution in [1.82, 2.24) is 14.1 Å². The fraction of sp³-hybridized carbons (Fsp3) is 0.440. The molecule has 0 radical (unpaired) electrons. The van der Waals surface area contributed by atoms with E-state index in [1.165, 1.54) is 4.31 Å². The van der Waals surface area contributed by atoms with E-state index in [1.807, 2.05) is 37.3 Å². The Balaban J connectivity index is 1.29. The second-order valence-corrected chi connectivity index (χ2v) is 10.9. The van der Waals surface area contributed by atoms with Crippen molar-refractivity contribution in [2.24, 2.45) is 5.92 Å². The van der Waals surface area contributed by atoms with Gasteiger partial charge in [0.2, 0.25) is 15.9 Å². The first kappa shape index (κ1) is 24.2. The minimum absolute atomic E-state index is 0.0673. The Morgan fingerprint density at radius 2 is 1.50 bits per heavy atom. The number of amides is 3. The Labute approximate surface area is 201 Å². The molecule has 2 aromatic carbocycles. The van der Waals surface area contributed by atoms with Crippen LogP contribution in [0.2, 0.25) is 0 Å². The number of nitrogens with zero attached hydrogens (tertiary/aromatic N) is 3. The van der Waals surface area contributed by atoms with Gasteiger partial charge in [-0.25, -0.2) is 13.2 Å². The molecule has 2 saturated heterocycles. The summed E-state index contributed by atoms with van der Waals surface area (Å²) in [5.41, 5.74) is 1.76. The molecule has 1 N–H and O–H groups in total. The molecule has 9 heteroatoms. The number of hydrogen-bond acceptors (Lipinski definition) is 4. The quantitative estimate of drug-likeness (QED) is 0.722. The summed E-state index contributed by atoms with van der Waals surface area (Å²) >= 11 is 0. The number of likely N-dealkylation sites (tertiary alicyclic amines) is 1. The largest absolute Gasteiger partial charge is 0.341 e. The van der Waals surface area contributed by atoms with Crippen molar-refractivity contribution in [3.8, 4) is 0 Å². The highest BCUT2D eigenvalue weighted by atomic mass is 32.2. The number of benzene rings is 2. The third-order valence-electron chi connectivity index (χ3n) is 6.58. The molecule has 4 rings (SSSR count). The molecule has 182 valence electrons. The van der Waals surface area contributed by atoms with Crippen LogP contribution in [-0.2, 0) is 14.8 Å². The van der Waals surface area contributed by atoms with E-state index in [2.05, 4.69) is 5.32 Å². The molecule has 2 aromatic rings. The summed E-state index contributed by atoms with van der Waals surface area (Å²) in [5, 5.41) is 2.89. The maximum absolute atomic E-state index is 13.2. The zero-order chi connectivity index (χ0) is 24.1. The number of nitrogens with one attached hydrogen (secondary N) is 1. The molecule has 0 aromatic heterocycles. The molecule has 2 aliphatic rings. The minimum atomic E-state index is -3.57. The lowest BCUT2D eigenvalue weighted by molar-refractivity contribution is -0.136. The molecule has 3 amide bonds. The van der Waals surface area contributed by atoms with Gasteiger partial charge in [0, 0.05) is 50.9 Å². The van der Waals surface area contributed by atoms with Crippen molar-refractivity contribution in [2.45, 2.75) is 31.1 Å². The van der Waals surface area contributed by atoms with Crippen molar-refractivity contribution in [2.75, 3.05) is 44.6 Å². The van der Waals surface area contributed by atoms with Crippen molar-refractivity contribution in [3.05, 3.63) is 60.2 Å². The van der Waals surface area contributed by atoms with E-state index in [-0.39, 0.29) is 17.9 Å². The third kappa shape index (κ3) is 5.59. The highest BCUT2D eigenvalue weighted by Crippen LogP contribution is 2.23. The topological polar surface area (TPSA) is 90.0 Å². The molecule has 0 bridgehead atoms. The third-order valence-corrected chi connectivity index (χ3v) is 8.49. The van der Waals surface area contributed by atoms with Crippen LogP contribution in [0, 0.1) is 12.8 Å². The second kappa shape index (κ2) is 10.6. The number of anilines is 1. The lowest BCUT2D eigenvalue weighted by atomic mass is 9.95. The van der Waals surface area contributed by atoms with Crippen LogP contribution >= 0.6 is 0 Å². The van der Waals surface area contributed by atoms with Gasteiger partial charge in [0.1, 0.15) is 0 Å². The zero-order valence-corrected chi connectivity index (χ0v) is 20.3. The lowest BCUT2D eigenvalue weighted by Crippen LogP contribution is -2.46. The first-order chi connectivity index (χ1) is 16.3. The van der Waals surface area contributed by atoms with Crippen LogP contribution in [-0.4, -0.2) is 73.7 Å². The molecule has 0 aliphatic carbocycles. The number of piperidine rings is 1. The van der Waals surface area contributed by atoms with Crippen LogP contribution in [0.15, 0.2) is 59.5 Å². The maximum Gasteiger partial charge on any atom is 0.321 e. The molecule has 0 spiro atoms. The standard InChI is InChI=1S/C25H32N4O4S/c1-20-8-10-23(11-9-20)34(32,33)29-15-5-14-27(18-19-29)24(30)21-12-16-28(17-13-21)25(31)26-22-6-3-2-4-7-22/h2-4,6-11,21H,5,12-19H2,1H3,(H,26,31). The predicted molar refractivity (Wildman–Crippen MR) is 131 cm³/mol. The molecular weight excluding hydrogens is 452 g/mol. The van der Waals surface area contributed by atoms with Crippen LogP contribution < -0.4 is 5.32 Å². The van der Waals surface area contributed by atoms with Crippen LogP contribution in [0.5, 0.6) is 0 Å². The summed E-state index contributed by atoms with van der Waals surface area (Å²) in [5.74, 6) is -0.0706. The number of sulfonamides is 1. The molecule has 8 nitrogen and oxygen atoms in total. The Hall–Kier alpha value is -2.91. The summed E-state index contributed by atoms with van der Waals surface area (Å²) in [6.07, 6.45) is 1.83. The number of rotatable bonds is 4. The molecule has 0 atom stereocenters. The fourth-order valence-corrected chi connectivity index (χ4v) is 6.00. The highest BCUT2D eigenvalue weighted by Gasteiger charge is 2.33. The van der Waals surface area contributed by atoms with Gasteiger partial charge in [-0.3, -0.25) is 4.79 Å². The minimum Gasteiger partial charge on any atom is -0.341 e. The van der Waals surface area contributed by atoms with E-state index in [0.29, 0.717) is 63.4 Å². The molecule has 34 heavy (non-hydrogen) atoms. The van der Waals surface area contributed by atoms with Gasteiger partial charge in [0.15, 0.2) is 0 Å². The number of carbonyl (C=O) groups excluding carboxylic acids is 2. The maximum atomic E-state index is 13.2. The Bertz CT molecular complexity index is 1100. The van der Waals surface area contributed by atoms with Gasteiger partial charge >= 0.3 is 6.03 Å². The van der Waals surface area contributed by atoms with Gasteiger partial charge in [-0.2, -0.15) is 4.31 Å². The lowest BCUT2D eigenvalue weighted by Gasteiger charge is -2.34. The number of carbonyl (C=O) groups is 2. The van der Waals surface area contributed by atoms with Gasteiger partial charge in [-0.15, -0.1) is 0 Å². The summed E-state index contributed by atoms with van der Waals surface area (Å²) in [7, 11) is -3.57.